The SMILES string of the molecule is N/C(=N/O)c1ccc(CN(CCCO)C2CCC2)cc1. The third kappa shape index (κ3) is 3.71. The maximum atomic E-state index is 9.00. The van der Waals surface area contributed by atoms with Crippen molar-refractivity contribution in [1.29, 1.82) is 0 Å². The van der Waals surface area contributed by atoms with Crippen LogP contribution >= 0.6 is 0 Å². The molecule has 1 aromatic carbocycles. The molecule has 1 fully saturated rings. The van der Waals surface area contributed by atoms with Crippen LogP contribution in [0.5, 0.6) is 0 Å². The van der Waals surface area contributed by atoms with Crippen molar-refractivity contribution in [2.45, 2.75) is 38.3 Å². The fourth-order valence-electron chi connectivity index (χ4n) is 2.49. The van der Waals surface area contributed by atoms with Gasteiger partial charge in [-0.25, -0.2) is 0 Å². The summed E-state index contributed by atoms with van der Waals surface area (Å²) in [4.78, 5) is 2.44. The van der Waals surface area contributed by atoms with Gasteiger partial charge in [0, 0.05) is 31.3 Å². The van der Waals surface area contributed by atoms with Crippen LogP contribution in [0, 0.1) is 0 Å². The van der Waals surface area contributed by atoms with E-state index in [4.69, 9.17) is 16.0 Å². The van der Waals surface area contributed by atoms with Gasteiger partial charge in [0.25, 0.3) is 0 Å². The number of hydrogen-bond acceptors (Lipinski definition) is 4. The van der Waals surface area contributed by atoms with Crippen molar-refractivity contribution in [1.82, 2.24) is 4.90 Å². The van der Waals surface area contributed by atoms with Crippen molar-refractivity contribution in [3.8, 4) is 0 Å². The van der Waals surface area contributed by atoms with Crippen LogP contribution in [0.2, 0.25) is 0 Å². The second-order valence-electron chi connectivity index (χ2n) is 5.31. The molecule has 0 unspecified atom stereocenters. The maximum absolute atomic E-state index is 9.00. The molecule has 1 aliphatic rings. The molecular weight excluding hydrogens is 254 g/mol. The lowest BCUT2D eigenvalue weighted by Gasteiger charge is -2.37. The van der Waals surface area contributed by atoms with Gasteiger partial charge in [-0.3, -0.25) is 4.90 Å². The molecule has 0 aromatic heterocycles. The summed E-state index contributed by atoms with van der Waals surface area (Å²) >= 11 is 0. The summed E-state index contributed by atoms with van der Waals surface area (Å²) in [5.74, 6) is 0.132. The van der Waals surface area contributed by atoms with Crippen LogP contribution in [0.3, 0.4) is 0 Å². The number of oxime groups is 1. The number of aliphatic hydroxyl groups is 1. The van der Waals surface area contributed by atoms with Gasteiger partial charge in [0.2, 0.25) is 0 Å². The predicted octanol–water partition coefficient (Wildman–Crippen LogP) is 1.52. The second-order valence-corrected chi connectivity index (χ2v) is 5.31. The first-order valence-electron chi connectivity index (χ1n) is 7.16. The van der Waals surface area contributed by atoms with E-state index in [0.717, 1.165) is 25.1 Å². The highest BCUT2D eigenvalue weighted by molar-refractivity contribution is 5.96. The largest absolute Gasteiger partial charge is 0.409 e. The quantitative estimate of drug-likeness (QED) is 0.305. The predicted molar refractivity (Wildman–Crippen MR) is 78.7 cm³/mol. The lowest BCUT2D eigenvalue weighted by Crippen LogP contribution is -2.40. The van der Waals surface area contributed by atoms with Gasteiger partial charge < -0.3 is 16.0 Å². The van der Waals surface area contributed by atoms with E-state index >= 15 is 0 Å². The smallest absolute Gasteiger partial charge is 0.170 e. The molecule has 2 rings (SSSR count). The van der Waals surface area contributed by atoms with Crippen molar-refractivity contribution in [3.05, 3.63) is 35.4 Å². The average molecular weight is 277 g/mol. The van der Waals surface area contributed by atoms with Crippen LogP contribution in [0.1, 0.15) is 36.8 Å². The molecule has 0 saturated heterocycles. The summed E-state index contributed by atoms with van der Waals surface area (Å²) in [6, 6.07) is 8.42. The third-order valence-corrected chi connectivity index (χ3v) is 3.94. The van der Waals surface area contributed by atoms with Gasteiger partial charge in [-0.05, 0) is 24.8 Å². The van der Waals surface area contributed by atoms with E-state index in [0.29, 0.717) is 6.04 Å². The van der Waals surface area contributed by atoms with Gasteiger partial charge in [-0.2, -0.15) is 0 Å². The van der Waals surface area contributed by atoms with Crippen molar-refractivity contribution >= 4 is 5.84 Å². The summed E-state index contributed by atoms with van der Waals surface area (Å²) in [5, 5.41) is 20.6. The molecule has 0 heterocycles. The fourth-order valence-corrected chi connectivity index (χ4v) is 2.49. The minimum atomic E-state index is 0.132. The zero-order valence-corrected chi connectivity index (χ0v) is 11.7. The highest BCUT2D eigenvalue weighted by atomic mass is 16.4. The molecule has 1 aliphatic carbocycles. The zero-order chi connectivity index (χ0) is 14.4. The minimum absolute atomic E-state index is 0.132. The van der Waals surface area contributed by atoms with E-state index in [9.17, 15) is 0 Å². The van der Waals surface area contributed by atoms with Crippen LogP contribution in [0.4, 0.5) is 0 Å². The Kier molecular flexibility index (Phi) is 5.38. The normalized spacial score (nSPS) is 16.4. The fraction of sp³-hybridized carbons (Fsp3) is 0.533. The molecule has 0 bridgehead atoms. The topological polar surface area (TPSA) is 82.1 Å². The average Bonchev–Trinajstić information content (AvgIpc) is 2.42. The first-order valence-corrected chi connectivity index (χ1v) is 7.16. The molecule has 1 saturated carbocycles. The molecule has 0 aliphatic heterocycles. The molecular formula is C15H23N3O2. The van der Waals surface area contributed by atoms with Gasteiger partial charge in [0.05, 0.1) is 0 Å². The highest BCUT2D eigenvalue weighted by Gasteiger charge is 2.24. The number of hydrogen-bond donors (Lipinski definition) is 3. The Hall–Kier alpha value is -1.59. The van der Waals surface area contributed by atoms with Crippen molar-refractivity contribution in [2.24, 2.45) is 10.9 Å². The van der Waals surface area contributed by atoms with E-state index in [1.165, 1.54) is 24.8 Å². The van der Waals surface area contributed by atoms with Gasteiger partial charge in [0.15, 0.2) is 5.84 Å². The Morgan fingerprint density at radius 1 is 1.30 bits per heavy atom. The summed E-state index contributed by atoms with van der Waals surface area (Å²) in [5.41, 5.74) is 7.49. The number of rotatable bonds is 7. The molecule has 0 atom stereocenters. The number of benzene rings is 1. The molecule has 4 N–H and O–H groups in total. The van der Waals surface area contributed by atoms with Crippen LogP contribution in [0.15, 0.2) is 29.4 Å². The number of nitrogens with two attached hydrogens (primary N) is 1. The maximum Gasteiger partial charge on any atom is 0.170 e. The van der Waals surface area contributed by atoms with Crippen molar-refractivity contribution < 1.29 is 10.3 Å². The molecule has 110 valence electrons. The molecule has 0 radical (unpaired) electrons. The Morgan fingerprint density at radius 3 is 2.50 bits per heavy atom. The zero-order valence-electron chi connectivity index (χ0n) is 11.7. The van der Waals surface area contributed by atoms with Crippen LogP contribution in [-0.2, 0) is 6.54 Å². The summed E-state index contributed by atoms with van der Waals surface area (Å²) in [6.45, 7) is 2.07. The van der Waals surface area contributed by atoms with E-state index in [2.05, 4.69) is 10.1 Å². The monoisotopic (exact) mass is 277 g/mol. The molecule has 5 heteroatoms. The Bertz CT molecular complexity index is 441. The molecule has 0 amide bonds. The van der Waals surface area contributed by atoms with Gasteiger partial charge >= 0.3 is 0 Å². The molecule has 1 aromatic rings. The van der Waals surface area contributed by atoms with Crippen LogP contribution < -0.4 is 5.73 Å². The number of amidine groups is 1. The van der Waals surface area contributed by atoms with Crippen LogP contribution in [0.25, 0.3) is 0 Å². The van der Waals surface area contributed by atoms with Crippen molar-refractivity contribution in [3.63, 3.8) is 0 Å². The first-order chi connectivity index (χ1) is 9.74. The standard InChI is InChI=1S/C15H23N3O2/c16-15(17-20)13-7-5-12(6-8-13)11-18(9-2-10-19)14-3-1-4-14/h5-8,14,19-20H,1-4,9-11H2,(H2,16,17). The van der Waals surface area contributed by atoms with Crippen LogP contribution in [-0.4, -0.2) is 40.2 Å². The van der Waals surface area contributed by atoms with Gasteiger partial charge in [0.1, 0.15) is 0 Å². The third-order valence-electron chi connectivity index (χ3n) is 3.94. The Balaban J connectivity index is 1.98. The molecule has 5 nitrogen and oxygen atoms in total. The lowest BCUT2D eigenvalue weighted by molar-refractivity contribution is 0.109. The second kappa shape index (κ2) is 7.26. The summed E-state index contributed by atoms with van der Waals surface area (Å²) < 4.78 is 0. The van der Waals surface area contributed by atoms with E-state index < -0.39 is 0 Å². The number of nitrogens with zero attached hydrogens (tertiary/aromatic N) is 2. The van der Waals surface area contributed by atoms with E-state index in [1.54, 1.807) is 0 Å². The van der Waals surface area contributed by atoms with Gasteiger partial charge in [-0.15, -0.1) is 0 Å². The molecule has 20 heavy (non-hydrogen) atoms. The first kappa shape index (κ1) is 14.8. The number of aliphatic hydroxyl groups excluding tert-OH is 1. The lowest BCUT2D eigenvalue weighted by atomic mass is 9.91. The van der Waals surface area contributed by atoms with E-state index in [-0.39, 0.29) is 12.4 Å². The van der Waals surface area contributed by atoms with E-state index in [1.807, 2.05) is 24.3 Å². The Morgan fingerprint density at radius 2 is 2.00 bits per heavy atom. The Labute approximate surface area is 119 Å². The van der Waals surface area contributed by atoms with Gasteiger partial charge in [-0.1, -0.05) is 35.8 Å². The van der Waals surface area contributed by atoms with Crippen molar-refractivity contribution in [2.75, 3.05) is 13.2 Å². The summed E-state index contributed by atoms with van der Waals surface area (Å²) in [7, 11) is 0. The minimum Gasteiger partial charge on any atom is -0.409 e. The summed E-state index contributed by atoms with van der Waals surface area (Å²) in [6.07, 6.45) is 4.64. The molecule has 0 spiro atoms. The highest BCUT2D eigenvalue weighted by Crippen LogP contribution is 2.26.